The first kappa shape index (κ1) is 18.2. The molecule has 0 fully saturated rings. The lowest BCUT2D eigenvalue weighted by atomic mass is 10.2. The van der Waals surface area contributed by atoms with Crippen molar-refractivity contribution in [2.75, 3.05) is 5.32 Å². The molecule has 0 unspecified atom stereocenters. The van der Waals surface area contributed by atoms with Gasteiger partial charge in [0.15, 0.2) is 0 Å². The Hall–Kier alpha value is -2.63. The number of halogens is 3. The lowest BCUT2D eigenvalue weighted by Gasteiger charge is -2.10. The van der Waals surface area contributed by atoms with Crippen LogP contribution in [-0.4, -0.2) is 10.5 Å². The summed E-state index contributed by atoms with van der Waals surface area (Å²) in [6.07, 6.45) is 1.39. The maximum atomic E-state index is 13.8. The van der Waals surface area contributed by atoms with Gasteiger partial charge in [0, 0.05) is 23.5 Å². The third-order valence-electron chi connectivity index (χ3n) is 3.72. The van der Waals surface area contributed by atoms with Crippen molar-refractivity contribution in [2.45, 2.75) is 6.54 Å². The van der Waals surface area contributed by atoms with E-state index in [1.54, 1.807) is 30.3 Å². The molecule has 1 amide bonds. The van der Waals surface area contributed by atoms with E-state index < -0.39 is 11.7 Å². The predicted octanol–water partition coefficient (Wildman–Crippen LogP) is 4.59. The highest BCUT2D eigenvalue weighted by Gasteiger charge is 2.10. The molecule has 132 valence electrons. The molecule has 0 saturated heterocycles. The number of carbonyl (C=O) groups excluding carboxylic acids is 1. The Labute approximate surface area is 158 Å². The zero-order valence-electron chi connectivity index (χ0n) is 13.4. The Morgan fingerprint density at radius 3 is 2.54 bits per heavy atom. The highest BCUT2D eigenvalue weighted by molar-refractivity contribution is 6.42. The molecule has 0 spiro atoms. The molecule has 7 heteroatoms. The molecule has 0 aliphatic carbocycles. The Kier molecular flexibility index (Phi) is 5.40. The first-order chi connectivity index (χ1) is 12.4. The third-order valence-corrected chi connectivity index (χ3v) is 4.46. The average molecular weight is 391 g/mol. The van der Waals surface area contributed by atoms with Crippen molar-refractivity contribution in [3.05, 3.63) is 98.1 Å². The van der Waals surface area contributed by atoms with Crippen molar-refractivity contribution in [1.82, 2.24) is 4.57 Å². The molecule has 1 N–H and O–H groups in total. The Morgan fingerprint density at radius 2 is 1.81 bits per heavy atom. The Morgan fingerprint density at radius 1 is 1.04 bits per heavy atom. The monoisotopic (exact) mass is 390 g/mol. The molecule has 3 rings (SSSR count). The molecule has 0 saturated carbocycles. The van der Waals surface area contributed by atoms with Crippen molar-refractivity contribution in [3.63, 3.8) is 0 Å². The van der Waals surface area contributed by atoms with Crippen LogP contribution in [0.15, 0.2) is 65.6 Å². The Balaban J connectivity index is 1.84. The normalized spacial score (nSPS) is 10.6. The van der Waals surface area contributed by atoms with E-state index in [4.69, 9.17) is 23.2 Å². The standard InChI is InChI=1S/C19H13Cl2FN2O2/c20-15-7-6-14(9-16(15)21)23-19(26)13-5-8-18(25)24(11-13)10-12-3-1-2-4-17(12)22/h1-9,11H,10H2,(H,23,26). The molecule has 4 nitrogen and oxygen atoms in total. The van der Waals surface area contributed by atoms with Crippen LogP contribution >= 0.6 is 23.2 Å². The van der Waals surface area contributed by atoms with Gasteiger partial charge in [-0.3, -0.25) is 9.59 Å². The van der Waals surface area contributed by atoms with Crippen LogP contribution in [0, 0.1) is 5.82 Å². The minimum Gasteiger partial charge on any atom is -0.322 e. The van der Waals surface area contributed by atoms with Gasteiger partial charge < -0.3 is 9.88 Å². The van der Waals surface area contributed by atoms with Gasteiger partial charge in [-0.2, -0.15) is 0 Å². The van der Waals surface area contributed by atoms with Crippen LogP contribution < -0.4 is 10.9 Å². The summed E-state index contributed by atoms with van der Waals surface area (Å²) >= 11 is 11.8. The van der Waals surface area contributed by atoms with Crippen LogP contribution in [0.2, 0.25) is 10.0 Å². The molecule has 0 atom stereocenters. The van der Waals surface area contributed by atoms with Crippen LogP contribution in [0.4, 0.5) is 10.1 Å². The van der Waals surface area contributed by atoms with E-state index in [1.807, 2.05) is 0 Å². The minimum atomic E-state index is -0.425. The van der Waals surface area contributed by atoms with Crippen molar-refractivity contribution in [1.29, 1.82) is 0 Å². The lowest BCUT2D eigenvalue weighted by molar-refractivity contribution is 0.102. The zero-order chi connectivity index (χ0) is 18.7. The zero-order valence-corrected chi connectivity index (χ0v) is 14.9. The first-order valence-corrected chi connectivity index (χ1v) is 8.40. The van der Waals surface area contributed by atoms with Crippen LogP contribution in [0.3, 0.4) is 0 Å². The molecule has 2 aromatic carbocycles. The van der Waals surface area contributed by atoms with E-state index in [0.717, 1.165) is 0 Å². The maximum Gasteiger partial charge on any atom is 0.257 e. The van der Waals surface area contributed by atoms with Gasteiger partial charge in [-0.15, -0.1) is 0 Å². The van der Waals surface area contributed by atoms with Crippen molar-refractivity contribution in [2.24, 2.45) is 0 Å². The molecule has 0 aliphatic rings. The predicted molar refractivity (Wildman–Crippen MR) is 101 cm³/mol. The van der Waals surface area contributed by atoms with Gasteiger partial charge in [0.25, 0.3) is 11.5 Å². The van der Waals surface area contributed by atoms with E-state index in [0.29, 0.717) is 21.3 Å². The van der Waals surface area contributed by atoms with Crippen molar-refractivity contribution >= 4 is 34.8 Å². The number of hydrogen-bond donors (Lipinski definition) is 1. The van der Waals surface area contributed by atoms with E-state index in [-0.39, 0.29) is 17.7 Å². The lowest BCUT2D eigenvalue weighted by Crippen LogP contribution is -2.23. The first-order valence-electron chi connectivity index (χ1n) is 7.64. The number of nitrogens with one attached hydrogen (secondary N) is 1. The van der Waals surface area contributed by atoms with E-state index in [2.05, 4.69) is 5.32 Å². The number of anilines is 1. The van der Waals surface area contributed by atoms with Crippen LogP contribution in [0.5, 0.6) is 0 Å². The number of pyridine rings is 1. The fourth-order valence-electron chi connectivity index (χ4n) is 2.38. The van der Waals surface area contributed by atoms with Crippen molar-refractivity contribution < 1.29 is 9.18 Å². The SMILES string of the molecule is O=C(Nc1ccc(Cl)c(Cl)c1)c1ccc(=O)n(Cc2ccccc2F)c1. The van der Waals surface area contributed by atoms with E-state index >= 15 is 0 Å². The second-order valence-electron chi connectivity index (χ2n) is 5.56. The molecule has 26 heavy (non-hydrogen) atoms. The summed E-state index contributed by atoms with van der Waals surface area (Å²) in [5.41, 5.74) is 0.749. The van der Waals surface area contributed by atoms with E-state index in [9.17, 15) is 14.0 Å². The van der Waals surface area contributed by atoms with Crippen molar-refractivity contribution in [3.8, 4) is 0 Å². The van der Waals surface area contributed by atoms with E-state index in [1.165, 1.54) is 35.0 Å². The van der Waals surface area contributed by atoms with Gasteiger partial charge >= 0.3 is 0 Å². The molecular formula is C19H13Cl2FN2O2. The summed E-state index contributed by atoms with van der Waals surface area (Å²) < 4.78 is 15.1. The van der Waals surface area contributed by atoms with Gasteiger partial charge in [0.2, 0.25) is 0 Å². The smallest absolute Gasteiger partial charge is 0.257 e. The number of amides is 1. The molecule has 0 radical (unpaired) electrons. The van der Waals surface area contributed by atoms with Gasteiger partial charge in [-0.05, 0) is 30.3 Å². The second-order valence-corrected chi connectivity index (χ2v) is 6.37. The average Bonchev–Trinajstić information content (AvgIpc) is 2.62. The summed E-state index contributed by atoms with van der Waals surface area (Å²) in [7, 11) is 0. The fraction of sp³-hybridized carbons (Fsp3) is 0.0526. The Bertz CT molecular complexity index is 1030. The minimum absolute atomic E-state index is 0.0272. The molecule has 3 aromatic rings. The van der Waals surface area contributed by atoms with Gasteiger partial charge in [0.05, 0.1) is 22.2 Å². The number of benzene rings is 2. The second kappa shape index (κ2) is 7.72. The molecule has 1 heterocycles. The molecule has 0 bridgehead atoms. The quantitative estimate of drug-likeness (QED) is 0.707. The highest BCUT2D eigenvalue weighted by atomic mass is 35.5. The maximum absolute atomic E-state index is 13.8. The summed E-state index contributed by atoms with van der Waals surface area (Å²) in [5.74, 6) is -0.837. The summed E-state index contributed by atoms with van der Waals surface area (Å²) in [4.78, 5) is 24.4. The molecule has 1 aromatic heterocycles. The third kappa shape index (κ3) is 4.12. The van der Waals surface area contributed by atoms with Crippen LogP contribution in [0.25, 0.3) is 0 Å². The number of carbonyl (C=O) groups is 1. The fourth-order valence-corrected chi connectivity index (χ4v) is 2.67. The largest absolute Gasteiger partial charge is 0.322 e. The number of aromatic nitrogens is 1. The van der Waals surface area contributed by atoms with Gasteiger partial charge in [-0.1, -0.05) is 41.4 Å². The highest BCUT2D eigenvalue weighted by Crippen LogP contribution is 2.25. The number of rotatable bonds is 4. The number of hydrogen-bond acceptors (Lipinski definition) is 2. The summed E-state index contributed by atoms with van der Waals surface area (Å²) in [6, 6.07) is 13.5. The number of nitrogens with zero attached hydrogens (tertiary/aromatic N) is 1. The van der Waals surface area contributed by atoms with Crippen LogP contribution in [0.1, 0.15) is 15.9 Å². The molecule has 0 aliphatic heterocycles. The topological polar surface area (TPSA) is 51.1 Å². The molecular weight excluding hydrogens is 378 g/mol. The van der Waals surface area contributed by atoms with Crippen LogP contribution in [-0.2, 0) is 6.54 Å². The van der Waals surface area contributed by atoms with Gasteiger partial charge in [-0.25, -0.2) is 4.39 Å². The summed E-state index contributed by atoms with van der Waals surface area (Å²) in [5, 5.41) is 3.37. The summed E-state index contributed by atoms with van der Waals surface area (Å²) in [6.45, 7) is 0.0272. The van der Waals surface area contributed by atoms with Gasteiger partial charge in [0.1, 0.15) is 5.82 Å².